The summed E-state index contributed by atoms with van der Waals surface area (Å²) in [6.07, 6.45) is 0. The van der Waals surface area contributed by atoms with E-state index in [1.54, 1.807) is 12.1 Å². The van der Waals surface area contributed by atoms with Crippen molar-refractivity contribution in [2.45, 2.75) is 9.75 Å². The van der Waals surface area contributed by atoms with Crippen LogP contribution in [0.25, 0.3) is 0 Å². The number of ketones is 1. The van der Waals surface area contributed by atoms with E-state index in [4.69, 9.17) is 46.9 Å². The average Bonchev–Trinajstić information content (AvgIpc) is 2.71. The number of halogens is 4. The van der Waals surface area contributed by atoms with Crippen LogP contribution in [0.2, 0.25) is 0 Å². The van der Waals surface area contributed by atoms with E-state index in [9.17, 15) is 14.4 Å². The van der Waals surface area contributed by atoms with Gasteiger partial charge in [-0.2, -0.15) is 0 Å². The highest BCUT2D eigenvalue weighted by Crippen LogP contribution is 2.43. The smallest absolute Gasteiger partial charge is 0.345 e. The van der Waals surface area contributed by atoms with Crippen LogP contribution in [0.4, 0.5) is 0 Å². The van der Waals surface area contributed by atoms with Crippen molar-refractivity contribution in [1.82, 2.24) is 0 Å². The van der Waals surface area contributed by atoms with E-state index >= 15 is 0 Å². The molecule has 0 saturated heterocycles. The van der Waals surface area contributed by atoms with Crippen LogP contribution in [0, 0.1) is 0 Å². The molecule has 0 saturated carbocycles. The van der Waals surface area contributed by atoms with Gasteiger partial charge in [0, 0.05) is 0 Å². The largest absolute Gasteiger partial charge is 0.357 e. The Morgan fingerprint density at radius 1 is 0.654 bits per heavy atom. The maximum Gasteiger partial charge on any atom is 0.357 e. The Balaban J connectivity index is 2.72. The highest BCUT2D eigenvalue weighted by Gasteiger charge is 2.61. The van der Waals surface area contributed by atoms with Crippen LogP contribution in [0.15, 0.2) is 60.7 Å². The fourth-order valence-electron chi connectivity index (χ4n) is 2.36. The first kappa shape index (κ1) is 20.5. The lowest BCUT2D eigenvalue weighted by molar-refractivity contribution is -0.147. The Kier molecular flexibility index (Phi) is 6.53. The van der Waals surface area contributed by atoms with Crippen molar-refractivity contribution in [3.8, 4) is 0 Å². The second-order valence-electron chi connectivity index (χ2n) is 5.11. The maximum atomic E-state index is 13.3. The van der Waals surface area contributed by atoms with Gasteiger partial charge >= 0.3 is 11.9 Å². The molecule has 26 heavy (non-hydrogen) atoms. The zero-order valence-corrected chi connectivity index (χ0v) is 15.9. The number of carbonyl (C=O) groups is 3. The molecule has 0 aliphatic heterocycles. The fourth-order valence-corrected chi connectivity index (χ4v) is 3.33. The van der Waals surface area contributed by atoms with Crippen LogP contribution in [0.1, 0.15) is 11.1 Å². The summed E-state index contributed by atoms with van der Waals surface area (Å²) in [5.41, 5.74) is 0.00119. The summed E-state index contributed by atoms with van der Waals surface area (Å²) in [6.45, 7) is 0. The van der Waals surface area contributed by atoms with Crippen molar-refractivity contribution in [3.63, 3.8) is 0 Å². The summed E-state index contributed by atoms with van der Waals surface area (Å²) in [4.78, 5) is 32.9. The van der Waals surface area contributed by atoms with Gasteiger partial charge in [-0.25, -0.2) is 9.59 Å². The Hall–Kier alpha value is -1.79. The maximum absolute atomic E-state index is 13.3. The van der Waals surface area contributed by atoms with Crippen LogP contribution in [-0.4, -0.2) is 17.7 Å². The number of hydrogen-bond donors (Lipinski definition) is 0. The van der Waals surface area contributed by atoms with Gasteiger partial charge in [-0.3, -0.25) is 4.79 Å². The fraction of sp³-hybridized carbons (Fsp3) is 0.118. The normalized spacial score (nSPS) is 15.2. The Morgan fingerprint density at radius 3 is 1.23 bits per heavy atom. The zero-order chi connectivity index (χ0) is 19.4. The number of alkyl halides is 2. The van der Waals surface area contributed by atoms with Gasteiger partial charge in [0.2, 0.25) is 15.5 Å². The Morgan fingerprint density at radius 2 is 0.962 bits per heavy atom. The van der Waals surface area contributed by atoms with Crippen LogP contribution in [0.3, 0.4) is 0 Å². The van der Waals surface area contributed by atoms with Gasteiger partial charge in [0.05, 0.1) is 0 Å². The minimum absolute atomic E-state index is 0.000597. The molecule has 0 heterocycles. The topological polar surface area (TPSA) is 69.7 Å². The van der Waals surface area contributed by atoms with E-state index in [0.29, 0.717) is 0 Å². The standard InChI is InChI=1S/C17H10Cl4O5/c18-16(14(23)25-20,11-7-3-1-4-8-11)13(22)17(19,15(24)26-21)12-9-5-2-6-10-12/h1-10H. The summed E-state index contributed by atoms with van der Waals surface area (Å²) < 4.78 is 8.34. The van der Waals surface area contributed by atoms with Crippen molar-refractivity contribution in [3.05, 3.63) is 71.8 Å². The van der Waals surface area contributed by atoms with Gasteiger partial charge < -0.3 is 8.58 Å². The first-order valence-corrected chi connectivity index (χ1v) is 8.40. The van der Waals surface area contributed by atoms with Crippen LogP contribution < -0.4 is 0 Å². The summed E-state index contributed by atoms with van der Waals surface area (Å²) in [7, 11) is 0. The summed E-state index contributed by atoms with van der Waals surface area (Å²) in [5.74, 6) is -3.91. The molecule has 0 aliphatic rings. The second-order valence-corrected chi connectivity index (χ2v) is 6.55. The Labute approximate surface area is 169 Å². The van der Waals surface area contributed by atoms with Gasteiger partial charge in [0.25, 0.3) is 0 Å². The molecular weight excluding hydrogens is 426 g/mol. The number of Topliss-reactive ketones (excluding diaryl/α,β-unsaturated/α-hetero) is 1. The van der Waals surface area contributed by atoms with Crippen molar-refractivity contribution in [2.75, 3.05) is 0 Å². The van der Waals surface area contributed by atoms with Crippen LogP contribution in [0.5, 0.6) is 0 Å². The third-order valence-corrected chi connectivity index (χ3v) is 5.04. The SMILES string of the molecule is O=C(OCl)C(Cl)(C(=O)C(Cl)(C(=O)OCl)c1ccccc1)c1ccccc1. The monoisotopic (exact) mass is 434 g/mol. The van der Waals surface area contributed by atoms with E-state index in [-0.39, 0.29) is 11.1 Å². The van der Waals surface area contributed by atoms with E-state index in [1.165, 1.54) is 48.5 Å². The minimum atomic E-state index is -2.52. The molecule has 0 amide bonds. The van der Waals surface area contributed by atoms with E-state index in [0.717, 1.165) is 0 Å². The van der Waals surface area contributed by atoms with E-state index in [2.05, 4.69) is 8.58 Å². The van der Waals surface area contributed by atoms with Crippen molar-refractivity contribution in [1.29, 1.82) is 0 Å². The predicted molar refractivity (Wildman–Crippen MR) is 96.8 cm³/mol. The summed E-state index contributed by atoms with van der Waals surface area (Å²) in [5, 5.41) is 0. The van der Waals surface area contributed by atoms with Crippen LogP contribution >= 0.6 is 46.9 Å². The van der Waals surface area contributed by atoms with Gasteiger partial charge in [-0.15, -0.1) is 0 Å². The molecule has 0 radical (unpaired) electrons. The molecule has 0 fully saturated rings. The second kappa shape index (κ2) is 8.27. The predicted octanol–water partition coefficient (Wildman–Crippen LogP) is 4.22. The number of carbonyl (C=O) groups excluding carboxylic acids is 3. The molecule has 2 aromatic rings. The van der Waals surface area contributed by atoms with Crippen molar-refractivity contribution < 1.29 is 23.0 Å². The van der Waals surface area contributed by atoms with E-state index in [1.807, 2.05) is 0 Å². The van der Waals surface area contributed by atoms with Crippen molar-refractivity contribution >= 4 is 64.7 Å². The average molecular weight is 436 g/mol. The third kappa shape index (κ3) is 3.40. The van der Waals surface area contributed by atoms with Gasteiger partial charge in [-0.05, 0) is 11.1 Å². The van der Waals surface area contributed by atoms with E-state index < -0.39 is 27.5 Å². The first-order chi connectivity index (χ1) is 12.3. The molecule has 0 spiro atoms. The zero-order valence-electron chi connectivity index (χ0n) is 12.8. The van der Waals surface area contributed by atoms with Gasteiger partial charge in [0.15, 0.2) is 0 Å². The molecule has 0 aliphatic carbocycles. The third-order valence-electron chi connectivity index (χ3n) is 3.67. The number of rotatable bonds is 6. The van der Waals surface area contributed by atoms with Gasteiger partial charge in [0.1, 0.15) is 23.7 Å². The van der Waals surface area contributed by atoms with Crippen molar-refractivity contribution in [2.24, 2.45) is 0 Å². The molecule has 2 rings (SSSR count). The summed E-state index contributed by atoms with van der Waals surface area (Å²) >= 11 is 23.1. The molecule has 2 aromatic carbocycles. The molecular formula is C17H10Cl4O5. The number of benzene rings is 2. The number of hydrogen-bond acceptors (Lipinski definition) is 5. The molecule has 136 valence electrons. The minimum Gasteiger partial charge on any atom is -0.345 e. The van der Waals surface area contributed by atoms with Gasteiger partial charge in [-0.1, -0.05) is 83.9 Å². The first-order valence-electron chi connectivity index (χ1n) is 7.03. The van der Waals surface area contributed by atoms with Crippen LogP contribution in [-0.2, 0) is 32.7 Å². The molecule has 0 bridgehead atoms. The lowest BCUT2D eigenvalue weighted by atomic mass is 9.82. The molecule has 9 heteroatoms. The lowest BCUT2D eigenvalue weighted by Crippen LogP contribution is -2.51. The molecule has 0 aromatic heterocycles. The summed E-state index contributed by atoms with van der Waals surface area (Å²) in [6, 6.07) is 14.9. The highest BCUT2D eigenvalue weighted by molar-refractivity contribution is 6.56. The molecule has 0 N–H and O–H groups in total. The molecule has 5 nitrogen and oxygen atoms in total. The highest BCUT2D eigenvalue weighted by atomic mass is 35.5. The quantitative estimate of drug-likeness (QED) is 0.501. The molecule has 2 atom stereocenters. The lowest BCUT2D eigenvalue weighted by Gasteiger charge is -2.30. The Bertz CT molecular complexity index is 747. The molecule has 2 unspecified atom stereocenters.